The number of nitrogen functional groups attached to an aromatic ring is 1. The summed E-state index contributed by atoms with van der Waals surface area (Å²) in [6.07, 6.45) is 0.885. The van der Waals surface area contributed by atoms with Gasteiger partial charge in [0.25, 0.3) is 0 Å². The normalized spacial score (nSPS) is 11.1. The lowest BCUT2D eigenvalue weighted by molar-refractivity contribution is 0.0692. The van der Waals surface area contributed by atoms with Crippen LogP contribution in [0.4, 0.5) is 15.8 Å². The van der Waals surface area contributed by atoms with Gasteiger partial charge in [0.1, 0.15) is 5.82 Å². The Morgan fingerprint density at radius 2 is 2.15 bits per heavy atom. The van der Waals surface area contributed by atoms with Crippen LogP contribution in [0.25, 0.3) is 0 Å². The maximum atomic E-state index is 13.5. The molecule has 4 N–H and O–H groups in total. The summed E-state index contributed by atoms with van der Waals surface area (Å²) in [6.45, 7) is 5.80. The van der Waals surface area contributed by atoms with Crippen molar-refractivity contribution in [2.45, 2.75) is 26.3 Å². The van der Waals surface area contributed by atoms with Crippen molar-refractivity contribution in [3.8, 4) is 0 Å². The van der Waals surface area contributed by atoms with E-state index in [2.05, 4.69) is 24.1 Å². The molecule has 0 bridgehead atoms. The molecule has 0 aliphatic rings. The molecule has 112 valence electrons. The molecule has 5 nitrogen and oxygen atoms in total. The summed E-state index contributed by atoms with van der Waals surface area (Å²) in [6, 6.07) is 2.75. The van der Waals surface area contributed by atoms with Gasteiger partial charge >= 0.3 is 5.97 Å². The fraction of sp³-hybridized carbons (Fsp3) is 0.500. The van der Waals surface area contributed by atoms with Crippen LogP contribution in [0.1, 0.15) is 30.6 Å². The van der Waals surface area contributed by atoms with Gasteiger partial charge in [-0.3, -0.25) is 0 Å². The lowest BCUT2D eigenvalue weighted by atomic mass is 10.1. The largest absolute Gasteiger partial charge is 0.478 e. The Bertz CT molecular complexity index is 478. The topological polar surface area (TPSA) is 78.6 Å². The van der Waals surface area contributed by atoms with E-state index in [1.54, 1.807) is 0 Å². The van der Waals surface area contributed by atoms with E-state index in [1.807, 2.05) is 7.05 Å². The number of halogens is 1. The van der Waals surface area contributed by atoms with Gasteiger partial charge in [0.05, 0.1) is 16.9 Å². The molecule has 0 atom stereocenters. The molecule has 0 spiro atoms. The van der Waals surface area contributed by atoms with Crippen LogP contribution < -0.4 is 11.1 Å². The van der Waals surface area contributed by atoms with E-state index >= 15 is 0 Å². The average Bonchev–Trinajstić information content (AvgIpc) is 2.37. The van der Waals surface area contributed by atoms with Crippen molar-refractivity contribution in [2.24, 2.45) is 0 Å². The van der Waals surface area contributed by atoms with Crippen LogP contribution in [0.15, 0.2) is 12.1 Å². The highest BCUT2D eigenvalue weighted by Gasteiger charge is 2.13. The van der Waals surface area contributed by atoms with Crippen molar-refractivity contribution >= 4 is 17.3 Å². The number of nitrogens with two attached hydrogens (primary N) is 1. The molecule has 0 saturated carbocycles. The van der Waals surface area contributed by atoms with Gasteiger partial charge < -0.3 is 21.1 Å². The van der Waals surface area contributed by atoms with Gasteiger partial charge in [-0.15, -0.1) is 0 Å². The third-order valence-corrected chi connectivity index (χ3v) is 3.25. The first-order valence-corrected chi connectivity index (χ1v) is 6.59. The molecular formula is C14H22FN3O2. The number of nitrogens with one attached hydrogen (secondary N) is 1. The van der Waals surface area contributed by atoms with E-state index in [-0.39, 0.29) is 5.69 Å². The Balaban J connectivity index is 2.57. The zero-order valence-electron chi connectivity index (χ0n) is 12.1. The number of hydrogen-bond donors (Lipinski definition) is 3. The molecule has 6 heteroatoms. The molecule has 0 amide bonds. The fourth-order valence-electron chi connectivity index (χ4n) is 1.72. The maximum absolute atomic E-state index is 13.5. The molecule has 1 aromatic rings. The molecule has 0 radical (unpaired) electrons. The van der Waals surface area contributed by atoms with Crippen molar-refractivity contribution in [2.75, 3.05) is 31.2 Å². The number of rotatable bonds is 7. The summed E-state index contributed by atoms with van der Waals surface area (Å²) < 4.78 is 13.5. The molecule has 0 unspecified atom stereocenters. The number of hydrogen-bond acceptors (Lipinski definition) is 4. The minimum atomic E-state index is -1.32. The van der Waals surface area contributed by atoms with Gasteiger partial charge in [0.2, 0.25) is 0 Å². The van der Waals surface area contributed by atoms with Gasteiger partial charge in [-0.25, -0.2) is 9.18 Å². The van der Waals surface area contributed by atoms with E-state index in [1.165, 1.54) is 0 Å². The van der Waals surface area contributed by atoms with Crippen molar-refractivity contribution in [1.29, 1.82) is 0 Å². The monoisotopic (exact) mass is 283 g/mol. The lowest BCUT2D eigenvalue weighted by Gasteiger charge is -2.21. The standard InChI is InChI=1S/C14H22FN3O2/c1-9(2)18(3)6-4-5-17-13-8-11(15)10(14(19)20)7-12(13)16/h7-9,17H,4-6,16H2,1-3H3,(H,19,20). The number of benzene rings is 1. The van der Waals surface area contributed by atoms with Crippen molar-refractivity contribution < 1.29 is 14.3 Å². The minimum Gasteiger partial charge on any atom is -0.478 e. The highest BCUT2D eigenvalue weighted by atomic mass is 19.1. The predicted octanol–water partition coefficient (Wildman–Crippen LogP) is 2.25. The Morgan fingerprint density at radius 3 is 2.70 bits per heavy atom. The Hall–Kier alpha value is -1.82. The van der Waals surface area contributed by atoms with E-state index in [0.29, 0.717) is 18.3 Å². The molecule has 0 aliphatic heterocycles. The van der Waals surface area contributed by atoms with Gasteiger partial charge in [-0.1, -0.05) is 0 Å². The van der Waals surface area contributed by atoms with Crippen molar-refractivity contribution in [3.05, 3.63) is 23.5 Å². The van der Waals surface area contributed by atoms with Crippen LogP contribution in [-0.2, 0) is 0 Å². The number of carboxylic acids is 1. The highest BCUT2D eigenvalue weighted by molar-refractivity contribution is 5.90. The van der Waals surface area contributed by atoms with Gasteiger partial charge in [-0.05, 0) is 46.0 Å². The van der Waals surface area contributed by atoms with Crippen molar-refractivity contribution in [1.82, 2.24) is 4.90 Å². The molecule has 1 rings (SSSR count). The number of anilines is 2. The van der Waals surface area contributed by atoms with Gasteiger partial charge in [-0.2, -0.15) is 0 Å². The second-order valence-corrected chi connectivity index (χ2v) is 5.08. The SMILES string of the molecule is CC(C)N(C)CCCNc1cc(F)c(C(=O)O)cc1N. The summed E-state index contributed by atoms with van der Waals surface area (Å²) in [5, 5.41) is 11.8. The summed E-state index contributed by atoms with van der Waals surface area (Å²) >= 11 is 0. The van der Waals surface area contributed by atoms with Crippen LogP contribution in [-0.4, -0.2) is 42.2 Å². The fourth-order valence-corrected chi connectivity index (χ4v) is 1.72. The Kier molecular flexibility index (Phi) is 5.76. The van der Waals surface area contributed by atoms with Crippen LogP contribution in [0.2, 0.25) is 0 Å². The molecular weight excluding hydrogens is 261 g/mol. The lowest BCUT2D eigenvalue weighted by Crippen LogP contribution is -2.28. The molecule has 0 heterocycles. The van der Waals surface area contributed by atoms with Crippen molar-refractivity contribution in [3.63, 3.8) is 0 Å². The summed E-state index contributed by atoms with van der Waals surface area (Å²) in [4.78, 5) is 13.0. The number of nitrogens with zero attached hydrogens (tertiary/aromatic N) is 1. The molecule has 1 aromatic carbocycles. The van der Waals surface area contributed by atoms with E-state index < -0.39 is 17.3 Å². The molecule has 0 aliphatic carbocycles. The summed E-state index contributed by atoms with van der Waals surface area (Å²) in [5.41, 5.74) is 5.97. The first-order valence-electron chi connectivity index (χ1n) is 6.59. The van der Waals surface area contributed by atoms with Gasteiger partial charge in [0, 0.05) is 12.6 Å². The third kappa shape index (κ3) is 4.38. The Labute approximate surface area is 118 Å². The molecule has 20 heavy (non-hydrogen) atoms. The van der Waals surface area contributed by atoms with E-state index in [4.69, 9.17) is 10.8 Å². The number of carboxylic acid groups (broad SMARTS) is 1. The zero-order valence-corrected chi connectivity index (χ0v) is 12.1. The highest BCUT2D eigenvalue weighted by Crippen LogP contribution is 2.23. The molecule has 0 aromatic heterocycles. The van der Waals surface area contributed by atoms with Crippen LogP contribution >= 0.6 is 0 Å². The number of aromatic carboxylic acids is 1. The van der Waals surface area contributed by atoms with E-state index in [9.17, 15) is 9.18 Å². The predicted molar refractivity (Wildman–Crippen MR) is 78.6 cm³/mol. The second kappa shape index (κ2) is 7.09. The third-order valence-electron chi connectivity index (χ3n) is 3.25. The maximum Gasteiger partial charge on any atom is 0.338 e. The summed E-state index contributed by atoms with van der Waals surface area (Å²) in [5.74, 6) is -2.10. The van der Waals surface area contributed by atoms with E-state index in [0.717, 1.165) is 25.1 Å². The minimum absolute atomic E-state index is 0.237. The number of carbonyl (C=O) groups is 1. The zero-order chi connectivity index (χ0) is 15.3. The first-order chi connectivity index (χ1) is 9.32. The Morgan fingerprint density at radius 1 is 1.50 bits per heavy atom. The van der Waals surface area contributed by atoms with Gasteiger partial charge in [0.15, 0.2) is 0 Å². The molecule has 0 saturated heterocycles. The smallest absolute Gasteiger partial charge is 0.338 e. The van der Waals surface area contributed by atoms with Crippen LogP contribution in [0.5, 0.6) is 0 Å². The quantitative estimate of drug-likeness (QED) is 0.528. The second-order valence-electron chi connectivity index (χ2n) is 5.08. The molecule has 0 fully saturated rings. The summed E-state index contributed by atoms with van der Waals surface area (Å²) in [7, 11) is 2.04. The first kappa shape index (κ1) is 16.2. The average molecular weight is 283 g/mol. The van der Waals surface area contributed by atoms with Crippen LogP contribution in [0.3, 0.4) is 0 Å². The van der Waals surface area contributed by atoms with Crippen LogP contribution in [0, 0.1) is 5.82 Å².